The molecule has 38 heavy (non-hydrogen) atoms. The van der Waals surface area contributed by atoms with Gasteiger partial charge in [0.15, 0.2) is 0 Å². The van der Waals surface area contributed by atoms with E-state index in [9.17, 15) is 14.0 Å². The molecule has 0 bridgehead atoms. The quantitative estimate of drug-likeness (QED) is 0.316. The lowest BCUT2D eigenvalue weighted by Crippen LogP contribution is -2.41. The number of halogens is 1. The van der Waals surface area contributed by atoms with Crippen LogP contribution in [0.4, 0.5) is 10.1 Å². The molecule has 1 N–H and O–H groups in total. The lowest BCUT2D eigenvalue weighted by molar-refractivity contribution is -0.139. The summed E-state index contributed by atoms with van der Waals surface area (Å²) in [5.41, 5.74) is 2.24. The minimum atomic E-state index is -1.14. The van der Waals surface area contributed by atoms with Gasteiger partial charge < -0.3 is 19.7 Å². The molecule has 8 heteroatoms. The lowest BCUT2D eigenvalue weighted by Gasteiger charge is -2.32. The van der Waals surface area contributed by atoms with Gasteiger partial charge in [-0.05, 0) is 47.0 Å². The largest absolute Gasteiger partial charge is 0.497 e. The van der Waals surface area contributed by atoms with Crippen LogP contribution in [-0.4, -0.2) is 35.9 Å². The number of pyridine rings is 1. The van der Waals surface area contributed by atoms with Crippen molar-refractivity contribution >= 4 is 17.5 Å². The number of nitrogens with zero attached hydrogens (tertiary/aromatic N) is 2. The Balaban J connectivity index is 1.75. The summed E-state index contributed by atoms with van der Waals surface area (Å²) in [6.07, 6.45) is 3.33. The first kappa shape index (κ1) is 26.3. The van der Waals surface area contributed by atoms with Crippen LogP contribution in [0, 0.1) is 5.82 Å². The van der Waals surface area contributed by atoms with Gasteiger partial charge in [-0.15, -0.1) is 0 Å². The predicted octanol–water partition coefficient (Wildman–Crippen LogP) is 5.19. The normalized spacial score (nSPS) is 11.3. The molecule has 0 aliphatic rings. The van der Waals surface area contributed by atoms with Crippen molar-refractivity contribution in [1.82, 2.24) is 9.88 Å². The molecule has 0 fully saturated rings. The van der Waals surface area contributed by atoms with Crippen LogP contribution in [0.25, 0.3) is 0 Å². The van der Waals surface area contributed by atoms with E-state index in [1.54, 1.807) is 42.7 Å². The molecule has 3 aromatic carbocycles. The summed E-state index contributed by atoms with van der Waals surface area (Å²) in [4.78, 5) is 33.3. The van der Waals surface area contributed by atoms with Crippen molar-refractivity contribution in [3.8, 4) is 11.5 Å². The molecule has 1 heterocycles. The van der Waals surface area contributed by atoms with Crippen molar-refractivity contribution in [2.75, 3.05) is 19.5 Å². The number of rotatable bonds is 10. The third kappa shape index (κ3) is 6.53. The molecule has 0 aliphatic carbocycles. The summed E-state index contributed by atoms with van der Waals surface area (Å²) in [6, 6.07) is 22.4. The number of ether oxygens (including phenoxy) is 2. The van der Waals surface area contributed by atoms with E-state index in [0.29, 0.717) is 22.7 Å². The Morgan fingerprint density at radius 2 is 1.71 bits per heavy atom. The van der Waals surface area contributed by atoms with E-state index in [1.807, 2.05) is 36.4 Å². The average Bonchev–Trinajstić information content (AvgIpc) is 2.94. The molecule has 0 spiro atoms. The maximum Gasteiger partial charge on any atom is 0.251 e. The zero-order valence-electron chi connectivity index (χ0n) is 21.1. The number of anilines is 1. The molecule has 2 amide bonds. The molecule has 1 atom stereocenters. The topological polar surface area (TPSA) is 80.8 Å². The van der Waals surface area contributed by atoms with Gasteiger partial charge in [0.1, 0.15) is 23.4 Å². The fourth-order valence-corrected chi connectivity index (χ4v) is 4.14. The van der Waals surface area contributed by atoms with Crippen molar-refractivity contribution in [3.63, 3.8) is 0 Å². The SMILES string of the molecule is COc1ccc(NC(=O)C(c2cccc(F)c2)N(Cc2cccnc2)C(=O)Cc2ccccc2)c(OC)c1. The average molecular weight is 514 g/mol. The van der Waals surface area contributed by atoms with Crippen LogP contribution in [0.2, 0.25) is 0 Å². The van der Waals surface area contributed by atoms with Gasteiger partial charge in [0.2, 0.25) is 5.91 Å². The van der Waals surface area contributed by atoms with Crippen LogP contribution in [-0.2, 0) is 22.6 Å². The van der Waals surface area contributed by atoms with E-state index in [1.165, 1.54) is 37.3 Å². The summed E-state index contributed by atoms with van der Waals surface area (Å²) in [6.45, 7) is 0.0911. The van der Waals surface area contributed by atoms with Gasteiger partial charge in [-0.3, -0.25) is 14.6 Å². The van der Waals surface area contributed by atoms with E-state index >= 15 is 0 Å². The lowest BCUT2D eigenvalue weighted by atomic mass is 10.0. The van der Waals surface area contributed by atoms with Gasteiger partial charge in [-0.2, -0.15) is 0 Å². The number of aromatic nitrogens is 1. The van der Waals surface area contributed by atoms with Crippen LogP contribution in [0.1, 0.15) is 22.7 Å². The van der Waals surface area contributed by atoms with Crippen molar-refractivity contribution in [1.29, 1.82) is 0 Å². The van der Waals surface area contributed by atoms with Crippen LogP contribution in [0.5, 0.6) is 11.5 Å². The number of nitrogens with one attached hydrogen (secondary N) is 1. The minimum absolute atomic E-state index is 0.0616. The molecule has 4 aromatic rings. The van der Waals surface area contributed by atoms with E-state index in [-0.39, 0.29) is 18.9 Å². The van der Waals surface area contributed by atoms with E-state index < -0.39 is 17.8 Å². The fourth-order valence-electron chi connectivity index (χ4n) is 4.14. The molecule has 0 aliphatic heterocycles. The first-order valence-electron chi connectivity index (χ1n) is 12.0. The molecule has 0 saturated heterocycles. The highest BCUT2D eigenvalue weighted by Crippen LogP contribution is 2.32. The second kappa shape index (κ2) is 12.5. The monoisotopic (exact) mass is 513 g/mol. The molecule has 194 valence electrons. The molecule has 0 saturated carbocycles. The van der Waals surface area contributed by atoms with Crippen molar-refractivity contribution in [3.05, 3.63) is 120 Å². The molecule has 4 rings (SSSR count). The Morgan fingerprint density at radius 1 is 0.921 bits per heavy atom. The maximum atomic E-state index is 14.4. The second-order valence-electron chi connectivity index (χ2n) is 8.56. The van der Waals surface area contributed by atoms with Crippen molar-refractivity contribution < 1.29 is 23.5 Å². The first-order chi connectivity index (χ1) is 18.5. The summed E-state index contributed by atoms with van der Waals surface area (Å²) >= 11 is 0. The van der Waals surface area contributed by atoms with Gasteiger partial charge in [0.05, 0.1) is 26.3 Å². The number of methoxy groups -OCH3 is 2. The van der Waals surface area contributed by atoms with Crippen LogP contribution < -0.4 is 14.8 Å². The first-order valence-corrected chi connectivity index (χ1v) is 12.0. The summed E-state index contributed by atoms with van der Waals surface area (Å²) in [5, 5.41) is 2.86. The molecular weight excluding hydrogens is 485 g/mol. The maximum absolute atomic E-state index is 14.4. The predicted molar refractivity (Wildman–Crippen MR) is 142 cm³/mol. The number of hydrogen-bond acceptors (Lipinski definition) is 5. The Kier molecular flexibility index (Phi) is 8.66. The minimum Gasteiger partial charge on any atom is -0.497 e. The number of amides is 2. The zero-order chi connectivity index (χ0) is 26.9. The van der Waals surface area contributed by atoms with Gasteiger partial charge >= 0.3 is 0 Å². The van der Waals surface area contributed by atoms with Crippen LogP contribution in [0.15, 0.2) is 97.3 Å². The summed E-state index contributed by atoms with van der Waals surface area (Å²) in [7, 11) is 3.01. The molecule has 1 unspecified atom stereocenters. The Hall–Kier alpha value is -4.72. The van der Waals surface area contributed by atoms with Gasteiger partial charge in [-0.25, -0.2) is 4.39 Å². The van der Waals surface area contributed by atoms with Gasteiger partial charge in [0, 0.05) is 25.0 Å². The summed E-state index contributed by atoms with van der Waals surface area (Å²) < 4.78 is 25.1. The number of hydrogen-bond donors (Lipinski definition) is 1. The summed E-state index contributed by atoms with van der Waals surface area (Å²) in [5.74, 6) is -0.405. The van der Waals surface area contributed by atoms with Crippen LogP contribution in [0.3, 0.4) is 0 Å². The third-order valence-corrected chi connectivity index (χ3v) is 5.99. The Labute approximate surface area is 220 Å². The highest BCUT2D eigenvalue weighted by molar-refractivity contribution is 5.99. The Morgan fingerprint density at radius 3 is 2.39 bits per heavy atom. The molecule has 0 radical (unpaired) electrons. The molecule has 7 nitrogen and oxygen atoms in total. The molecule has 1 aromatic heterocycles. The smallest absolute Gasteiger partial charge is 0.251 e. The second-order valence-corrected chi connectivity index (χ2v) is 8.56. The van der Waals surface area contributed by atoms with Crippen LogP contribution >= 0.6 is 0 Å². The van der Waals surface area contributed by atoms with E-state index in [4.69, 9.17) is 9.47 Å². The van der Waals surface area contributed by atoms with E-state index in [0.717, 1.165) is 11.1 Å². The standard InChI is InChI=1S/C30H28FN3O4/c1-37-25-13-14-26(27(18-25)38-2)33-30(36)29(23-11-6-12-24(31)17-23)34(20-22-10-7-15-32-19-22)28(35)16-21-8-4-3-5-9-21/h3-15,17-19,29H,16,20H2,1-2H3,(H,33,36). The highest BCUT2D eigenvalue weighted by Gasteiger charge is 2.32. The van der Waals surface area contributed by atoms with Gasteiger partial charge in [0.25, 0.3) is 5.91 Å². The molecular formula is C30H28FN3O4. The third-order valence-electron chi connectivity index (χ3n) is 5.99. The Bertz CT molecular complexity index is 1380. The zero-order valence-corrected chi connectivity index (χ0v) is 21.1. The highest BCUT2D eigenvalue weighted by atomic mass is 19.1. The number of benzene rings is 3. The van der Waals surface area contributed by atoms with Crippen molar-refractivity contribution in [2.45, 2.75) is 19.0 Å². The van der Waals surface area contributed by atoms with Gasteiger partial charge in [-0.1, -0.05) is 48.5 Å². The number of carbonyl (C=O) groups excluding carboxylic acids is 2. The fraction of sp³-hybridized carbons (Fsp3) is 0.167. The van der Waals surface area contributed by atoms with E-state index in [2.05, 4.69) is 10.3 Å². The number of carbonyl (C=O) groups is 2. The van der Waals surface area contributed by atoms with Crippen molar-refractivity contribution in [2.24, 2.45) is 0 Å².